The lowest BCUT2D eigenvalue weighted by molar-refractivity contribution is -0.138. The standard InChI is InChI=1S/C23H31NO4/c1-23-9-8-17-16-4-3-15(22(24)25)12-14(16)2-5-18(17)19(23)6-7-20(23)28-13-21-26-10-11-27-21/h3-4,12,17-21H,2,5-11,13H2,1H3,(H2,24,25)/t17-,18-,19+,20?,23+/m1/s1. The van der Waals surface area contributed by atoms with E-state index in [1.165, 1.54) is 36.8 Å². The fraction of sp³-hybridized carbons (Fsp3) is 0.696. The van der Waals surface area contributed by atoms with Crippen LogP contribution in [-0.2, 0) is 20.6 Å². The monoisotopic (exact) mass is 385 g/mol. The highest BCUT2D eigenvalue weighted by Gasteiger charge is 2.55. The van der Waals surface area contributed by atoms with Crippen LogP contribution in [0, 0.1) is 17.3 Å². The quantitative estimate of drug-likeness (QED) is 0.862. The summed E-state index contributed by atoms with van der Waals surface area (Å²) in [6.45, 7) is 4.37. The van der Waals surface area contributed by atoms with Crippen LogP contribution in [-0.4, -0.2) is 38.1 Å². The molecule has 1 aromatic carbocycles. The van der Waals surface area contributed by atoms with Crippen LogP contribution in [0.5, 0.6) is 0 Å². The minimum Gasteiger partial charge on any atom is -0.372 e. The molecule has 0 spiro atoms. The molecule has 5 heteroatoms. The zero-order chi connectivity index (χ0) is 19.3. The summed E-state index contributed by atoms with van der Waals surface area (Å²) in [7, 11) is 0. The van der Waals surface area contributed by atoms with Gasteiger partial charge in [-0.1, -0.05) is 13.0 Å². The first-order chi connectivity index (χ1) is 13.6. The van der Waals surface area contributed by atoms with E-state index in [4.69, 9.17) is 19.9 Å². The average Bonchev–Trinajstić information content (AvgIpc) is 3.32. The van der Waals surface area contributed by atoms with Gasteiger partial charge >= 0.3 is 0 Å². The molecule has 1 aliphatic heterocycles. The van der Waals surface area contributed by atoms with Crippen LogP contribution < -0.4 is 5.73 Å². The van der Waals surface area contributed by atoms with Gasteiger partial charge in [-0.05, 0) is 85.0 Å². The van der Waals surface area contributed by atoms with Crippen LogP contribution in [0.15, 0.2) is 18.2 Å². The van der Waals surface area contributed by atoms with Crippen molar-refractivity contribution in [2.45, 2.75) is 63.8 Å². The number of primary amides is 1. The number of ether oxygens (including phenoxy) is 3. The fourth-order valence-corrected chi connectivity index (χ4v) is 6.66. The number of carbonyl (C=O) groups is 1. The lowest BCUT2D eigenvalue weighted by Gasteiger charge is -2.50. The summed E-state index contributed by atoms with van der Waals surface area (Å²) in [5.41, 5.74) is 9.18. The normalized spacial score (nSPS) is 37.3. The summed E-state index contributed by atoms with van der Waals surface area (Å²) in [5, 5.41) is 0. The Kier molecular flexibility index (Phi) is 4.73. The molecule has 1 unspecified atom stereocenters. The number of benzene rings is 1. The van der Waals surface area contributed by atoms with Gasteiger partial charge in [-0.25, -0.2) is 0 Å². The third-order valence-corrected chi connectivity index (χ3v) is 8.05. The van der Waals surface area contributed by atoms with Crippen molar-refractivity contribution < 1.29 is 19.0 Å². The topological polar surface area (TPSA) is 70.8 Å². The Morgan fingerprint density at radius 3 is 2.82 bits per heavy atom. The molecular weight excluding hydrogens is 354 g/mol. The van der Waals surface area contributed by atoms with E-state index in [-0.39, 0.29) is 17.6 Å². The maximum absolute atomic E-state index is 11.5. The van der Waals surface area contributed by atoms with Crippen molar-refractivity contribution in [2.75, 3.05) is 19.8 Å². The Balaban J connectivity index is 1.32. The number of fused-ring (bicyclic) bond motifs is 5. The molecule has 152 valence electrons. The Morgan fingerprint density at radius 1 is 1.21 bits per heavy atom. The molecule has 5 atom stereocenters. The van der Waals surface area contributed by atoms with E-state index >= 15 is 0 Å². The molecule has 3 aliphatic carbocycles. The summed E-state index contributed by atoms with van der Waals surface area (Å²) in [4.78, 5) is 11.5. The lowest BCUT2D eigenvalue weighted by atomic mass is 9.55. The number of amides is 1. The first kappa shape index (κ1) is 18.6. The van der Waals surface area contributed by atoms with Gasteiger partial charge in [0.15, 0.2) is 6.29 Å². The predicted molar refractivity (Wildman–Crippen MR) is 105 cm³/mol. The van der Waals surface area contributed by atoms with E-state index < -0.39 is 0 Å². The van der Waals surface area contributed by atoms with Crippen LogP contribution in [0.2, 0.25) is 0 Å². The number of nitrogens with two attached hydrogens (primary N) is 1. The van der Waals surface area contributed by atoms with Gasteiger partial charge in [-0.3, -0.25) is 4.79 Å². The average molecular weight is 386 g/mol. The highest BCUT2D eigenvalue weighted by molar-refractivity contribution is 5.93. The zero-order valence-corrected chi connectivity index (χ0v) is 16.7. The van der Waals surface area contributed by atoms with Crippen molar-refractivity contribution in [1.82, 2.24) is 0 Å². The maximum atomic E-state index is 11.5. The summed E-state index contributed by atoms with van der Waals surface area (Å²) < 4.78 is 17.5. The lowest BCUT2D eigenvalue weighted by Crippen LogP contribution is -2.45. The van der Waals surface area contributed by atoms with E-state index in [1.54, 1.807) is 0 Å². The van der Waals surface area contributed by atoms with Crippen LogP contribution >= 0.6 is 0 Å². The number of hydrogen-bond acceptors (Lipinski definition) is 4. The molecule has 1 amide bonds. The van der Waals surface area contributed by atoms with Crippen molar-refractivity contribution in [2.24, 2.45) is 23.0 Å². The second kappa shape index (κ2) is 7.12. The van der Waals surface area contributed by atoms with Crippen molar-refractivity contribution >= 4 is 5.91 Å². The molecule has 1 aromatic rings. The minimum absolute atomic E-state index is 0.181. The third kappa shape index (κ3) is 2.99. The van der Waals surface area contributed by atoms with E-state index in [1.807, 2.05) is 12.1 Å². The smallest absolute Gasteiger partial charge is 0.248 e. The Labute approximate surface area is 166 Å². The molecule has 2 N–H and O–H groups in total. The van der Waals surface area contributed by atoms with E-state index in [0.29, 0.717) is 43.3 Å². The predicted octanol–water partition coefficient (Wildman–Crippen LogP) is 3.40. The molecule has 0 aromatic heterocycles. The number of carbonyl (C=O) groups excluding carboxylic acids is 1. The summed E-state index contributed by atoms with van der Waals surface area (Å²) >= 11 is 0. The SMILES string of the molecule is C[C@]12CC[C@@H]3c4ccc(C(N)=O)cc4CC[C@H]3[C@@H]1CCC2OCC1OCCO1. The second-order valence-electron chi connectivity index (χ2n) is 9.31. The number of rotatable bonds is 4. The van der Waals surface area contributed by atoms with E-state index in [0.717, 1.165) is 18.8 Å². The Morgan fingerprint density at radius 2 is 2.04 bits per heavy atom. The zero-order valence-electron chi connectivity index (χ0n) is 16.7. The van der Waals surface area contributed by atoms with Gasteiger partial charge in [0.1, 0.15) is 0 Å². The van der Waals surface area contributed by atoms with Gasteiger partial charge in [0.2, 0.25) is 5.91 Å². The van der Waals surface area contributed by atoms with Gasteiger partial charge in [-0.2, -0.15) is 0 Å². The first-order valence-corrected chi connectivity index (χ1v) is 10.8. The van der Waals surface area contributed by atoms with E-state index in [2.05, 4.69) is 13.0 Å². The van der Waals surface area contributed by atoms with Crippen LogP contribution in [0.4, 0.5) is 0 Å². The molecule has 0 bridgehead atoms. The van der Waals surface area contributed by atoms with Crippen molar-refractivity contribution in [3.63, 3.8) is 0 Å². The highest BCUT2D eigenvalue weighted by Crippen LogP contribution is 2.61. The molecule has 5 rings (SSSR count). The van der Waals surface area contributed by atoms with Gasteiger partial charge in [0.25, 0.3) is 0 Å². The molecule has 4 aliphatic rings. The highest BCUT2D eigenvalue weighted by atomic mass is 16.7. The van der Waals surface area contributed by atoms with Crippen molar-refractivity contribution in [1.29, 1.82) is 0 Å². The Bertz CT molecular complexity index is 759. The summed E-state index contributed by atoms with van der Waals surface area (Å²) in [6.07, 6.45) is 7.20. The molecule has 5 nitrogen and oxygen atoms in total. The molecule has 28 heavy (non-hydrogen) atoms. The van der Waals surface area contributed by atoms with Gasteiger partial charge in [0.05, 0.1) is 25.9 Å². The summed E-state index contributed by atoms with van der Waals surface area (Å²) in [6, 6.07) is 6.12. The number of hydrogen-bond donors (Lipinski definition) is 1. The molecule has 3 fully saturated rings. The van der Waals surface area contributed by atoms with Gasteiger partial charge in [0, 0.05) is 5.56 Å². The number of aryl methyl sites for hydroxylation is 1. The minimum atomic E-state index is -0.327. The first-order valence-electron chi connectivity index (χ1n) is 10.8. The van der Waals surface area contributed by atoms with Crippen molar-refractivity contribution in [3.05, 3.63) is 34.9 Å². The molecule has 1 saturated heterocycles. The molecule has 0 radical (unpaired) electrons. The van der Waals surface area contributed by atoms with Gasteiger partial charge in [-0.15, -0.1) is 0 Å². The van der Waals surface area contributed by atoms with Crippen LogP contribution in [0.25, 0.3) is 0 Å². The van der Waals surface area contributed by atoms with Crippen LogP contribution in [0.1, 0.15) is 66.4 Å². The molecule has 2 saturated carbocycles. The maximum Gasteiger partial charge on any atom is 0.248 e. The van der Waals surface area contributed by atoms with Crippen molar-refractivity contribution in [3.8, 4) is 0 Å². The third-order valence-electron chi connectivity index (χ3n) is 8.05. The summed E-state index contributed by atoms with van der Waals surface area (Å²) in [5.74, 6) is 1.72. The molecular formula is C23H31NO4. The van der Waals surface area contributed by atoms with Crippen LogP contribution in [0.3, 0.4) is 0 Å². The fourth-order valence-electron chi connectivity index (χ4n) is 6.66. The largest absolute Gasteiger partial charge is 0.372 e. The molecule has 1 heterocycles. The Hall–Kier alpha value is -1.43. The van der Waals surface area contributed by atoms with E-state index in [9.17, 15) is 4.79 Å². The second-order valence-corrected chi connectivity index (χ2v) is 9.31. The van der Waals surface area contributed by atoms with Gasteiger partial charge < -0.3 is 19.9 Å².